The maximum absolute atomic E-state index is 6.69. The molecule has 12 rings (SSSR count). The maximum Gasteiger partial charge on any atom is 0.138 e. The molecule has 4 nitrogen and oxygen atoms in total. The van der Waals surface area contributed by atoms with Gasteiger partial charge in [-0.05, 0) is 102 Å². The average molecular weight is 743 g/mol. The molecule has 3 heterocycles. The highest BCUT2D eigenvalue weighted by Gasteiger charge is 2.24. The van der Waals surface area contributed by atoms with Gasteiger partial charge < -0.3 is 18.3 Å². The van der Waals surface area contributed by atoms with E-state index in [1.54, 1.807) is 0 Å². The summed E-state index contributed by atoms with van der Waals surface area (Å²) in [4.78, 5) is 2.30. The molecule has 0 aliphatic heterocycles. The first kappa shape index (κ1) is 32.4. The van der Waals surface area contributed by atoms with E-state index in [4.69, 9.17) is 8.83 Å². The van der Waals surface area contributed by atoms with Gasteiger partial charge in [0.2, 0.25) is 0 Å². The predicted octanol–water partition coefficient (Wildman–Crippen LogP) is 15.4. The van der Waals surface area contributed by atoms with Gasteiger partial charge in [0.15, 0.2) is 0 Å². The largest absolute Gasteiger partial charge is 0.456 e. The predicted molar refractivity (Wildman–Crippen MR) is 241 cm³/mol. The number of rotatable bonds is 6. The number of para-hydroxylation sites is 4. The molecule has 0 spiro atoms. The van der Waals surface area contributed by atoms with E-state index in [9.17, 15) is 0 Å². The van der Waals surface area contributed by atoms with Crippen molar-refractivity contribution in [2.45, 2.75) is 0 Å². The number of aromatic nitrogens is 1. The summed E-state index contributed by atoms with van der Waals surface area (Å²) < 4.78 is 15.4. The molecule has 0 atom stereocenters. The average Bonchev–Trinajstić information content (AvgIpc) is 3.96. The lowest BCUT2D eigenvalue weighted by atomic mass is 9.93. The molecule has 0 aliphatic carbocycles. The van der Waals surface area contributed by atoms with Crippen molar-refractivity contribution < 1.29 is 8.83 Å². The number of benzene rings is 9. The molecule has 0 N–H and O–H groups in total. The Balaban J connectivity index is 1.13. The summed E-state index contributed by atoms with van der Waals surface area (Å²) in [6.45, 7) is 0. The molecule has 58 heavy (non-hydrogen) atoms. The van der Waals surface area contributed by atoms with E-state index >= 15 is 0 Å². The van der Waals surface area contributed by atoms with Crippen LogP contribution in [0.3, 0.4) is 0 Å². The lowest BCUT2D eigenvalue weighted by Gasteiger charge is -2.25. The van der Waals surface area contributed by atoms with Crippen LogP contribution < -0.4 is 4.90 Å². The van der Waals surface area contributed by atoms with Crippen molar-refractivity contribution in [1.29, 1.82) is 0 Å². The zero-order chi connectivity index (χ0) is 38.2. The monoisotopic (exact) mass is 742 g/mol. The van der Waals surface area contributed by atoms with Crippen LogP contribution in [0.25, 0.3) is 93.6 Å². The number of anilines is 3. The normalized spacial score (nSPS) is 11.8. The fourth-order valence-corrected chi connectivity index (χ4v) is 8.99. The lowest BCUT2D eigenvalue weighted by molar-refractivity contribution is 0.669. The Morgan fingerprint density at radius 2 is 0.879 bits per heavy atom. The second-order valence-electron chi connectivity index (χ2n) is 14.9. The van der Waals surface area contributed by atoms with Gasteiger partial charge in [-0.3, -0.25) is 0 Å². The number of fused-ring (bicyclic) bond motifs is 9. The number of furan rings is 2. The molecular weight excluding hydrogens is 709 g/mol. The number of hydrogen-bond donors (Lipinski definition) is 0. The van der Waals surface area contributed by atoms with Gasteiger partial charge in [-0.1, -0.05) is 115 Å². The standard InChI is InChI=1S/C54H34N2O2/c1-4-14-35(15-5-1)52-53-45-32-36(37-24-30-43-42-20-10-12-22-48(42)57-50(43)33-37)25-31-46(45)56(47(53)34-51-54(52)44-21-11-13-23-49(44)58-51)41-28-26-40(27-29-41)55(38-16-6-2-7-17-38)39-18-8-3-9-19-39/h1-34H. The molecule has 0 bridgehead atoms. The number of nitrogens with zero attached hydrogens (tertiary/aromatic N) is 2. The number of hydrogen-bond acceptors (Lipinski definition) is 3. The Morgan fingerprint density at radius 1 is 0.328 bits per heavy atom. The van der Waals surface area contributed by atoms with Crippen LogP contribution in [0, 0.1) is 0 Å². The first-order valence-corrected chi connectivity index (χ1v) is 19.7. The summed E-state index contributed by atoms with van der Waals surface area (Å²) in [5.41, 5.74) is 14.6. The minimum absolute atomic E-state index is 0.864. The molecule has 0 saturated carbocycles. The zero-order valence-electron chi connectivity index (χ0n) is 31.3. The van der Waals surface area contributed by atoms with Gasteiger partial charge in [-0.25, -0.2) is 0 Å². The first-order valence-electron chi connectivity index (χ1n) is 19.7. The summed E-state index contributed by atoms with van der Waals surface area (Å²) in [5.74, 6) is 0. The molecule has 3 aromatic heterocycles. The Kier molecular flexibility index (Phi) is 7.20. The van der Waals surface area contributed by atoms with Crippen molar-refractivity contribution in [3.8, 4) is 27.9 Å². The molecule has 12 aromatic rings. The van der Waals surface area contributed by atoms with Crippen molar-refractivity contribution in [3.05, 3.63) is 206 Å². The highest BCUT2D eigenvalue weighted by atomic mass is 16.3. The van der Waals surface area contributed by atoms with Gasteiger partial charge in [0, 0.05) is 66.7 Å². The summed E-state index contributed by atoms with van der Waals surface area (Å²) in [7, 11) is 0. The van der Waals surface area contributed by atoms with Gasteiger partial charge in [-0.15, -0.1) is 0 Å². The highest BCUT2D eigenvalue weighted by molar-refractivity contribution is 6.27. The van der Waals surface area contributed by atoms with Crippen LogP contribution in [0.5, 0.6) is 0 Å². The van der Waals surface area contributed by atoms with Crippen LogP contribution in [-0.2, 0) is 0 Å². The fraction of sp³-hybridized carbons (Fsp3) is 0. The molecule has 0 aliphatic rings. The van der Waals surface area contributed by atoms with Crippen LogP contribution in [0.1, 0.15) is 0 Å². The van der Waals surface area contributed by atoms with Crippen LogP contribution in [0.4, 0.5) is 17.1 Å². The topological polar surface area (TPSA) is 34.5 Å². The fourth-order valence-electron chi connectivity index (χ4n) is 8.99. The van der Waals surface area contributed by atoms with Gasteiger partial charge >= 0.3 is 0 Å². The zero-order valence-corrected chi connectivity index (χ0v) is 31.3. The molecule has 4 heteroatoms. The van der Waals surface area contributed by atoms with Crippen molar-refractivity contribution in [1.82, 2.24) is 4.57 Å². The molecular formula is C54H34N2O2. The Morgan fingerprint density at radius 3 is 1.60 bits per heavy atom. The first-order chi connectivity index (χ1) is 28.8. The molecule has 0 fully saturated rings. The Labute approximate surface area is 334 Å². The van der Waals surface area contributed by atoms with E-state index in [-0.39, 0.29) is 0 Å². The molecule has 0 radical (unpaired) electrons. The summed E-state index contributed by atoms with van der Waals surface area (Å²) in [5, 5.41) is 6.84. The molecule has 272 valence electrons. The minimum Gasteiger partial charge on any atom is -0.456 e. The van der Waals surface area contributed by atoms with Crippen LogP contribution in [0.2, 0.25) is 0 Å². The van der Waals surface area contributed by atoms with Gasteiger partial charge in [0.1, 0.15) is 22.3 Å². The quantitative estimate of drug-likeness (QED) is 0.170. The highest BCUT2D eigenvalue weighted by Crippen LogP contribution is 2.47. The van der Waals surface area contributed by atoms with Crippen LogP contribution in [0.15, 0.2) is 215 Å². The van der Waals surface area contributed by atoms with Gasteiger partial charge in [0.05, 0.1) is 11.0 Å². The van der Waals surface area contributed by atoms with Crippen molar-refractivity contribution in [3.63, 3.8) is 0 Å². The smallest absolute Gasteiger partial charge is 0.138 e. The second kappa shape index (κ2) is 12.9. The third-order valence-electron chi connectivity index (χ3n) is 11.6. The molecule has 0 saturated heterocycles. The van der Waals surface area contributed by atoms with Gasteiger partial charge in [0.25, 0.3) is 0 Å². The molecule has 9 aromatic carbocycles. The Bertz CT molecular complexity index is 3450. The minimum atomic E-state index is 0.864. The SMILES string of the molecule is c1ccc(-c2c3c(cc4c2c2cc(-c5ccc6c(c5)oc5ccccc56)ccc2n4-c2ccc(N(c4ccccc4)c4ccccc4)cc2)oc2ccccc23)cc1. The maximum atomic E-state index is 6.69. The third-order valence-corrected chi connectivity index (χ3v) is 11.6. The van der Waals surface area contributed by atoms with E-state index in [0.29, 0.717) is 0 Å². The van der Waals surface area contributed by atoms with E-state index in [1.165, 1.54) is 16.3 Å². The van der Waals surface area contributed by atoms with E-state index in [0.717, 1.165) is 94.4 Å². The lowest BCUT2D eigenvalue weighted by Crippen LogP contribution is -2.09. The Hall–Kier alpha value is -7.82. The van der Waals surface area contributed by atoms with Gasteiger partial charge in [-0.2, -0.15) is 0 Å². The van der Waals surface area contributed by atoms with Crippen molar-refractivity contribution in [2.24, 2.45) is 0 Å². The van der Waals surface area contributed by atoms with Crippen LogP contribution in [-0.4, -0.2) is 4.57 Å². The van der Waals surface area contributed by atoms with E-state index in [2.05, 4.69) is 198 Å². The van der Waals surface area contributed by atoms with Crippen molar-refractivity contribution >= 4 is 82.7 Å². The second-order valence-corrected chi connectivity index (χ2v) is 14.9. The summed E-state index contributed by atoms with van der Waals surface area (Å²) >= 11 is 0. The summed E-state index contributed by atoms with van der Waals surface area (Å²) in [6, 6.07) is 73.1. The molecule has 0 amide bonds. The van der Waals surface area contributed by atoms with E-state index < -0.39 is 0 Å². The van der Waals surface area contributed by atoms with Crippen LogP contribution >= 0.6 is 0 Å². The molecule has 0 unspecified atom stereocenters. The van der Waals surface area contributed by atoms with E-state index in [1.807, 2.05) is 18.2 Å². The third kappa shape index (κ3) is 5.02. The van der Waals surface area contributed by atoms with Crippen molar-refractivity contribution in [2.75, 3.05) is 4.90 Å². The summed E-state index contributed by atoms with van der Waals surface area (Å²) in [6.07, 6.45) is 0.